The molecule has 0 aliphatic heterocycles. The molecule has 0 saturated heterocycles. The second-order valence-corrected chi connectivity index (χ2v) is 10.2. The highest BCUT2D eigenvalue weighted by Gasteiger charge is 2.38. The Labute approximate surface area is 283 Å². The fourth-order valence-corrected chi connectivity index (χ4v) is 4.39. The van der Waals surface area contributed by atoms with Gasteiger partial charge in [0, 0.05) is 35.9 Å². The van der Waals surface area contributed by atoms with Gasteiger partial charge in [0.2, 0.25) is 0 Å². The molecule has 1 unspecified atom stereocenters. The van der Waals surface area contributed by atoms with E-state index in [1.165, 1.54) is 6.20 Å². The lowest BCUT2D eigenvalue weighted by Crippen LogP contribution is -2.32. The molecule has 1 amide bonds. The number of anilines is 2. The van der Waals surface area contributed by atoms with Gasteiger partial charge in [0.15, 0.2) is 11.5 Å². The van der Waals surface area contributed by atoms with Crippen LogP contribution in [0.3, 0.4) is 0 Å². The smallest absolute Gasteiger partial charge is 0.490 e. The van der Waals surface area contributed by atoms with Gasteiger partial charge in [-0.1, -0.05) is 32.4 Å². The SMILES string of the molecule is CCCC(CO)NCc1cccc(Nc2c(C(N)=O)cnc3cc(OCC)c(OCC)cc23)c1CC.O=C(O)C(F)(F)F.O=C(O)C(F)(F)F. The minimum atomic E-state index is -5.08. The summed E-state index contributed by atoms with van der Waals surface area (Å²) in [7, 11) is 0. The Morgan fingerprint density at radius 2 is 1.46 bits per heavy atom. The van der Waals surface area contributed by atoms with Crippen LogP contribution in [0.25, 0.3) is 10.9 Å². The Balaban J connectivity index is 0.000000748. The molecule has 3 rings (SSSR count). The average molecular weight is 723 g/mol. The third kappa shape index (κ3) is 13.2. The predicted octanol–water partition coefficient (Wildman–Crippen LogP) is 5.95. The van der Waals surface area contributed by atoms with Gasteiger partial charge in [-0.05, 0) is 49.9 Å². The van der Waals surface area contributed by atoms with Crippen LogP contribution in [0, 0.1) is 0 Å². The van der Waals surface area contributed by atoms with E-state index in [9.17, 15) is 36.2 Å². The van der Waals surface area contributed by atoms with Gasteiger partial charge in [-0.15, -0.1) is 0 Å². The number of nitrogens with one attached hydrogen (secondary N) is 2. The molecular formula is C32H40F6N4O8. The van der Waals surface area contributed by atoms with Gasteiger partial charge in [0.05, 0.1) is 36.6 Å². The van der Waals surface area contributed by atoms with Crippen LogP contribution in [-0.4, -0.2) is 76.4 Å². The highest BCUT2D eigenvalue weighted by Crippen LogP contribution is 2.38. The van der Waals surface area contributed by atoms with Crippen LogP contribution >= 0.6 is 0 Å². The van der Waals surface area contributed by atoms with Crippen molar-refractivity contribution in [1.82, 2.24) is 10.3 Å². The number of aliphatic hydroxyl groups is 1. The van der Waals surface area contributed by atoms with Crippen LogP contribution in [0.15, 0.2) is 36.5 Å². The number of primary amides is 1. The number of fused-ring (bicyclic) bond motifs is 1. The van der Waals surface area contributed by atoms with Gasteiger partial charge in [-0.2, -0.15) is 26.3 Å². The first kappa shape index (κ1) is 43.2. The van der Waals surface area contributed by atoms with E-state index in [-0.39, 0.29) is 12.6 Å². The molecule has 0 aliphatic rings. The molecule has 0 saturated carbocycles. The number of pyridine rings is 1. The summed E-state index contributed by atoms with van der Waals surface area (Å²) in [5.74, 6) is -4.90. The summed E-state index contributed by atoms with van der Waals surface area (Å²) in [6.07, 6.45) is -5.98. The molecule has 0 radical (unpaired) electrons. The molecule has 18 heteroatoms. The summed E-state index contributed by atoms with van der Waals surface area (Å²) in [5, 5.41) is 31.6. The minimum Gasteiger partial charge on any atom is -0.490 e. The van der Waals surface area contributed by atoms with Crippen LogP contribution in [0.1, 0.15) is 62.0 Å². The second-order valence-electron chi connectivity index (χ2n) is 10.2. The van der Waals surface area contributed by atoms with E-state index >= 15 is 0 Å². The van der Waals surface area contributed by atoms with Gasteiger partial charge in [-0.3, -0.25) is 9.78 Å². The summed E-state index contributed by atoms with van der Waals surface area (Å²) >= 11 is 0. The van der Waals surface area contributed by atoms with E-state index < -0.39 is 30.2 Å². The maximum atomic E-state index is 12.4. The molecule has 12 nitrogen and oxygen atoms in total. The number of nitrogens with two attached hydrogens (primary N) is 1. The van der Waals surface area contributed by atoms with Crippen molar-refractivity contribution in [2.75, 3.05) is 25.1 Å². The monoisotopic (exact) mass is 722 g/mol. The first-order valence-corrected chi connectivity index (χ1v) is 15.2. The zero-order valence-corrected chi connectivity index (χ0v) is 27.7. The van der Waals surface area contributed by atoms with Gasteiger partial charge >= 0.3 is 24.3 Å². The maximum absolute atomic E-state index is 12.4. The topological polar surface area (TPSA) is 193 Å². The highest BCUT2D eigenvalue weighted by atomic mass is 19.4. The number of carboxylic acids is 2. The zero-order chi connectivity index (χ0) is 38.2. The lowest BCUT2D eigenvalue weighted by molar-refractivity contribution is -0.193. The van der Waals surface area contributed by atoms with Crippen molar-refractivity contribution in [2.24, 2.45) is 5.73 Å². The van der Waals surface area contributed by atoms with Crippen molar-refractivity contribution in [3.8, 4) is 11.5 Å². The molecule has 0 aliphatic carbocycles. The molecule has 7 N–H and O–H groups in total. The molecule has 2 aromatic carbocycles. The van der Waals surface area contributed by atoms with E-state index in [2.05, 4.69) is 35.5 Å². The molecule has 0 fully saturated rings. The minimum absolute atomic E-state index is 0.0541. The fourth-order valence-electron chi connectivity index (χ4n) is 4.39. The Kier molecular flexibility index (Phi) is 17.3. The number of hydrogen-bond acceptors (Lipinski definition) is 9. The van der Waals surface area contributed by atoms with Crippen LogP contribution in [0.2, 0.25) is 0 Å². The summed E-state index contributed by atoms with van der Waals surface area (Å²) in [4.78, 5) is 34.6. The maximum Gasteiger partial charge on any atom is 0.490 e. The number of aliphatic carboxylic acids is 2. The van der Waals surface area contributed by atoms with Crippen molar-refractivity contribution in [1.29, 1.82) is 0 Å². The number of halogens is 6. The number of carboxylic acid groups (broad SMARTS) is 2. The fraction of sp³-hybridized carbons (Fsp3) is 0.438. The summed E-state index contributed by atoms with van der Waals surface area (Å²) < 4.78 is 75.1. The zero-order valence-electron chi connectivity index (χ0n) is 27.7. The van der Waals surface area contributed by atoms with E-state index in [4.69, 9.17) is 35.0 Å². The number of nitrogens with zero attached hydrogens (tertiary/aromatic N) is 1. The Bertz CT molecular complexity index is 1560. The quantitative estimate of drug-likeness (QED) is 0.108. The lowest BCUT2D eigenvalue weighted by atomic mass is 10.0. The van der Waals surface area contributed by atoms with Gasteiger partial charge in [0.25, 0.3) is 5.91 Å². The van der Waals surface area contributed by atoms with Crippen molar-refractivity contribution in [3.05, 3.63) is 53.2 Å². The van der Waals surface area contributed by atoms with E-state index in [1.807, 2.05) is 38.1 Å². The van der Waals surface area contributed by atoms with Crippen LogP contribution in [0.4, 0.5) is 37.7 Å². The third-order valence-corrected chi connectivity index (χ3v) is 6.61. The number of ether oxygens (including phenoxy) is 2. The Morgan fingerprint density at radius 1 is 0.920 bits per heavy atom. The van der Waals surface area contributed by atoms with Crippen molar-refractivity contribution >= 4 is 40.1 Å². The number of rotatable bonds is 14. The lowest BCUT2D eigenvalue weighted by Gasteiger charge is -2.21. The van der Waals surface area contributed by atoms with Crippen LogP contribution in [0.5, 0.6) is 11.5 Å². The molecule has 278 valence electrons. The number of benzene rings is 2. The first-order chi connectivity index (χ1) is 23.4. The van der Waals surface area contributed by atoms with E-state index in [0.717, 1.165) is 36.1 Å². The molecule has 1 heterocycles. The molecule has 50 heavy (non-hydrogen) atoms. The van der Waals surface area contributed by atoms with Crippen molar-refractivity contribution in [3.63, 3.8) is 0 Å². The number of alkyl halides is 6. The summed E-state index contributed by atoms with van der Waals surface area (Å²) in [5.41, 5.74) is 10.4. The molecular weight excluding hydrogens is 682 g/mol. The Morgan fingerprint density at radius 3 is 1.90 bits per heavy atom. The van der Waals surface area contributed by atoms with E-state index in [1.54, 1.807) is 0 Å². The summed E-state index contributed by atoms with van der Waals surface area (Å²) in [6.45, 7) is 9.73. The van der Waals surface area contributed by atoms with Crippen LogP contribution < -0.4 is 25.8 Å². The second kappa shape index (κ2) is 20.0. The number of aliphatic hydroxyl groups excluding tert-OH is 1. The molecule has 1 aromatic heterocycles. The van der Waals surface area contributed by atoms with Gasteiger partial charge in [0.1, 0.15) is 0 Å². The van der Waals surface area contributed by atoms with Crippen LogP contribution in [-0.2, 0) is 22.6 Å². The number of carbonyl (C=O) groups excluding carboxylic acids is 1. The predicted molar refractivity (Wildman–Crippen MR) is 172 cm³/mol. The highest BCUT2D eigenvalue weighted by molar-refractivity contribution is 6.08. The first-order valence-electron chi connectivity index (χ1n) is 15.2. The number of amides is 1. The number of aromatic nitrogens is 1. The Hall–Kier alpha value is -4.84. The number of carbonyl (C=O) groups is 3. The largest absolute Gasteiger partial charge is 0.490 e. The van der Waals surface area contributed by atoms with Crippen molar-refractivity contribution < 1.29 is 65.5 Å². The third-order valence-electron chi connectivity index (χ3n) is 6.61. The van der Waals surface area contributed by atoms with Gasteiger partial charge in [-0.25, -0.2) is 9.59 Å². The van der Waals surface area contributed by atoms with Gasteiger partial charge < -0.3 is 41.2 Å². The normalized spacial score (nSPS) is 11.7. The van der Waals surface area contributed by atoms with E-state index in [0.29, 0.717) is 53.4 Å². The number of hydrogen-bond donors (Lipinski definition) is 6. The molecule has 1 atom stereocenters. The van der Waals surface area contributed by atoms with Crippen molar-refractivity contribution in [2.45, 2.75) is 71.9 Å². The molecule has 0 spiro atoms. The molecule has 0 bridgehead atoms. The molecule has 3 aromatic rings. The average Bonchev–Trinajstić information content (AvgIpc) is 3.03. The standard InChI is InChI=1S/C28H38N4O4.2C2HF3O2/c1-5-10-19(17-33)30-15-18-11-9-12-23(20(18)6-2)32-27-21-13-25(35-7-3)26(36-8-4)14-24(21)31-16-22(27)28(29)34;2*3-2(4,5)1(6)7/h9,11-14,16,19,30,33H,5-8,10,15,17H2,1-4H3,(H2,29,34)(H,31,32);2*(H,6,7). The summed E-state index contributed by atoms with van der Waals surface area (Å²) in [6, 6.07) is 9.78.